The Morgan fingerprint density at radius 3 is 2.83 bits per heavy atom. The van der Waals surface area contributed by atoms with E-state index in [0.717, 1.165) is 19.3 Å². The van der Waals surface area contributed by atoms with Crippen molar-refractivity contribution in [3.8, 4) is 11.4 Å². The van der Waals surface area contributed by atoms with Crippen LogP contribution in [0.3, 0.4) is 0 Å². The van der Waals surface area contributed by atoms with Crippen molar-refractivity contribution >= 4 is 5.91 Å². The van der Waals surface area contributed by atoms with Crippen molar-refractivity contribution in [3.63, 3.8) is 0 Å². The highest BCUT2D eigenvalue weighted by Crippen LogP contribution is 2.14. The Morgan fingerprint density at radius 2 is 2.04 bits per heavy atom. The van der Waals surface area contributed by atoms with Crippen molar-refractivity contribution in [2.45, 2.75) is 31.8 Å². The third-order valence-electron chi connectivity index (χ3n) is 3.96. The van der Waals surface area contributed by atoms with Gasteiger partial charge in [0.1, 0.15) is 12.4 Å². The zero-order valence-corrected chi connectivity index (χ0v) is 12.7. The first-order valence-corrected chi connectivity index (χ1v) is 7.69. The third-order valence-corrected chi connectivity index (χ3v) is 3.96. The molecule has 1 atom stereocenters. The fraction of sp³-hybridized carbons (Fsp3) is 0.467. The predicted molar refractivity (Wildman–Crippen MR) is 81.6 cm³/mol. The third kappa shape index (κ3) is 3.89. The second-order valence-electron chi connectivity index (χ2n) is 5.72. The number of amides is 1. The Bertz CT molecular complexity index is 671. The lowest BCUT2D eigenvalue weighted by molar-refractivity contribution is -0.132. The van der Waals surface area contributed by atoms with E-state index >= 15 is 0 Å². The minimum atomic E-state index is -0.323. The lowest BCUT2D eigenvalue weighted by Gasteiger charge is -2.19. The molecule has 0 spiro atoms. The van der Waals surface area contributed by atoms with Crippen LogP contribution < -0.4 is 5.73 Å². The normalized spacial score (nSPS) is 18.7. The van der Waals surface area contributed by atoms with E-state index in [9.17, 15) is 9.18 Å². The zero-order chi connectivity index (χ0) is 16.2. The van der Waals surface area contributed by atoms with Gasteiger partial charge in [0.2, 0.25) is 11.7 Å². The molecule has 1 aliphatic rings. The topological polar surface area (TPSA) is 89.9 Å². The van der Waals surface area contributed by atoms with E-state index in [2.05, 4.69) is 15.4 Å². The summed E-state index contributed by atoms with van der Waals surface area (Å²) in [5.41, 5.74) is 6.58. The second kappa shape index (κ2) is 6.82. The Balaban J connectivity index is 1.64. The van der Waals surface area contributed by atoms with E-state index in [4.69, 9.17) is 5.73 Å². The van der Waals surface area contributed by atoms with Gasteiger partial charge < -0.3 is 10.6 Å². The molecule has 7 nitrogen and oxygen atoms in total. The average molecular weight is 318 g/mol. The van der Waals surface area contributed by atoms with Gasteiger partial charge in [-0.25, -0.2) is 4.39 Å². The van der Waals surface area contributed by atoms with Crippen LogP contribution in [0.15, 0.2) is 24.3 Å². The van der Waals surface area contributed by atoms with Crippen LogP contribution in [0, 0.1) is 5.82 Å². The van der Waals surface area contributed by atoms with Gasteiger partial charge in [-0.1, -0.05) is 0 Å². The summed E-state index contributed by atoms with van der Waals surface area (Å²) >= 11 is 0. The number of carbonyl (C=O) groups is 1. The molecule has 1 saturated heterocycles. The number of nitrogens with zero attached hydrogens (tertiary/aromatic N) is 5. The fourth-order valence-corrected chi connectivity index (χ4v) is 2.62. The summed E-state index contributed by atoms with van der Waals surface area (Å²) in [6.45, 7) is 1.43. The summed E-state index contributed by atoms with van der Waals surface area (Å²) in [5, 5.41) is 12.0. The first kappa shape index (κ1) is 15.5. The molecule has 0 aliphatic carbocycles. The molecule has 1 amide bonds. The number of aromatic nitrogens is 4. The standard InChI is InChI=1S/C15H19FN6O/c16-12-5-3-11(4-6-12)15-18-20-22(19-15)10-14(23)21-8-1-2-13(17)7-9-21/h3-6,13H,1-2,7-10,17H2/t13-/m1/s1. The van der Waals surface area contributed by atoms with Crippen molar-refractivity contribution in [3.05, 3.63) is 30.1 Å². The van der Waals surface area contributed by atoms with Gasteiger partial charge in [-0.05, 0) is 48.7 Å². The number of hydrogen-bond acceptors (Lipinski definition) is 5. The van der Waals surface area contributed by atoms with Gasteiger partial charge in [-0.15, -0.1) is 10.2 Å². The largest absolute Gasteiger partial charge is 0.341 e. The van der Waals surface area contributed by atoms with Crippen molar-refractivity contribution in [1.29, 1.82) is 0 Å². The molecule has 23 heavy (non-hydrogen) atoms. The van der Waals surface area contributed by atoms with Gasteiger partial charge in [0.15, 0.2) is 0 Å². The van der Waals surface area contributed by atoms with Gasteiger partial charge in [0, 0.05) is 24.7 Å². The minimum Gasteiger partial charge on any atom is -0.341 e. The minimum absolute atomic E-state index is 0.0397. The molecule has 1 aliphatic heterocycles. The molecule has 1 fully saturated rings. The first-order valence-electron chi connectivity index (χ1n) is 7.69. The maximum Gasteiger partial charge on any atom is 0.246 e. The highest BCUT2D eigenvalue weighted by Gasteiger charge is 2.20. The summed E-state index contributed by atoms with van der Waals surface area (Å²) in [6, 6.07) is 5.99. The molecule has 1 aromatic carbocycles. The van der Waals surface area contributed by atoms with Crippen molar-refractivity contribution in [2.75, 3.05) is 13.1 Å². The predicted octanol–water partition coefficient (Wildman–Crippen LogP) is 0.819. The summed E-state index contributed by atoms with van der Waals surface area (Å²) in [5.74, 6) is 0.00790. The molecule has 3 rings (SSSR count). The summed E-state index contributed by atoms with van der Waals surface area (Å²) in [6.07, 6.45) is 2.68. The van der Waals surface area contributed by atoms with Crippen molar-refractivity contribution in [1.82, 2.24) is 25.1 Å². The zero-order valence-electron chi connectivity index (χ0n) is 12.7. The average Bonchev–Trinajstić information content (AvgIpc) is 2.88. The van der Waals surface area contributed by atoms with Crippen LogP contribution in [0.25, 0.3) is 11.4 Å². The van der Waals surface area contributed by atoms with Crippen LogP contribution >= 0.6 is 0 Å². The number of carbonyl (C=O) groups excluding carboxylic acids is 1. The maximum atomic E-state index is 12.9. The molecule has 8 heteroatoms. The number of halogens is 1. The van der Waals surface area contributed by atoms with Crippen LogP contribution in [0.5, 0.6) is 0 Å². The first-order chi connectivity index (χ1) is 11.1. The quantitative estimate of drug-likeness (QED) is 0.905. The molecular formula is C15H19FN6O. The van der Waals surface area contributed by atoms with E-state index in [1.54, 1.807) is 17.0 Å². The van der Waals surface area contributed by atoms with E-state index in [0.29, 0.717) is 24.5 Å². The Kier molecular flexibility index (Phi) is 4.61. The molecule has 0 radical (unpaired) electrons. The van der Waals surface area contributed by atoms with Crippen molar-refractivity contribution < 1.29 is 9.18 Å². The van der Waals surface area contributed by atoms with Crippen LogP contribution in [0.4, 0.5) is 4.39 Å². The number of benzene rings is 1. The van der Waals surface area contributed by atoms with E-state index in [1.807, 2.05) is 0 Å². The van der Waals surface area contributed by atoms with Gasteiger partial charge in [0.05, 0.1) is 0 Å². The molecule has 0 saturated carbocycles. The van der Waals surface area contributed by atoms with Crippen molar-refractivity contribution in [2.24, 2.45) is 5.73 Å². The lowest BCUT2D eigenvalue weighted by atomic mass is 10.1. The van der Waals surface area contributed by atoms with E-state index in [1.165, 1.54) is 16.9 Å². The molecule has 2 N–H and O–H groups in total. The van der Waals surface area contributed by atoms with Crippen LogP contribution in [-0.2, 0) is 11.3 Å². The molecule has 0 unspecified atom stereocenters. The lowest BCUT2D eigenvalue weighted by Crippen LogP contribution is -2.35. The second-order valence-corrected chi connectivity index (χ2v) is 5.72. The number of nitrogens with two attached hydrogens (primary N) is 1. The van der Waals surface area contributed by atoms with Crippen LogP contribution in [-0.4, -0.2) is 50.1 Å². The fourth-order valence-electron chi connectivity index (χ4n) is 2.62. The monoisotopic (exact) mass is 318 g/mol. The molecule has 0 bridgehead atoms. The van der Waals surface area contributed by atoms with Gasteiger partial charge in [0.25, 0.3) is 0 Å². The highest BCUT2D eigenvalue weighted by atomic mass is 19.1. The Labute approximate surface area is 133 Å². The van der Waals surface area contributed by atoms with Gasteiger partial charge >= 0.3 is 0 Å². The van der Waals surface area contributed by atoms with E-state index < -0.39 is 0 Å². The molecular weight excluding hydrogens is 299 g/mol. The number of rotatable bonds is 3. The molecule has 122 valence electrons. The summed E-state index contributed by atoms with van der Waals surface area (Å²) in [7, 11) is 0. The van der Waals surface area contributed by atoms with E-state index in [-0.39, 0.29) is 24.3 Å². The number of likely N-dealkylation sites (tertiary alicyclic amines) is 1. The number of tetrazole rings is 1. The maximum absolute atomic E-state index is 12.9. The van der Waals surface area contributed by atoms with Gasteiger partial charge in [-0.2, -0.15) is 4.80 Å². The number of hydrogen-bond donors (Lipinski definition) is 1. The van der Waals surface area contributed by atoms with Crippen LogP contribution in [0.2, 0.25) is 0 Å². The van der Waals surface area contributed by atoms with Crippen LogP contribution in [0.1, 0.15) is 19.3 Å². The van der Waals surface area contributed by atoms with Gasteiger partial charge in [-0.3, -0.25) is 4.79 Å². The molecule has 2 heterocycles. The Hall–Kier alpha value is -2.35. The smallest absolute Gasteiger partial charge is 0.246 e. The SMILES string of the molecule is N[C@@H]1CCCN(C(=O)Cn2nnc(-c3ccc(F)cc3)n2)CC1. The molecule has 1 aromatic heterocycles. The molecule has 2 aromatic rings. The highest BCUT2D eigenvalue weighted by molar-refractivity contribution is 5.75. The summed E-state index contributed by atoms with van der Waals surface area (Å²) < 4.78 is 12.9. The Morgan fingerprint density at radius 1 is 1.26 bits per heavy atom. The summed E-state index contributed by atoms with van der Waals surface area (Å²) in [4.78, 5) is 15.4.